The molecular formula is C14H14N4S. The molecule has 3 heterocycles. The smallest absolute Gasteiger partial charge is 0.179 e. The molecular weight excluding hydrogens is 256 g/mol. The Balaban J connectivity index is 2.26. The van der Waals surface area contributed by atoms with Gasteiger partial charge in [0.1, 0.15) is 0 Å². The van der Waals surface area contributed by atoms with Crippen LogP contribution in [0.1, 0.15) is 19.9 Å². The number of rotatable bonds is 2. The average molecular weight is 270 g/mol. The van der Waals surface area contributed by atoms with E-state index in [1.165, 1.54) is 0 Å². The molecule has 0 radical (unpaired) electrons. The SMILES string of the molecule is CC(C)n1c(=S)[nH]c2ccc(-c3ccncc3)nc21. The van der Waals surface area contributed by atoms with Crippen molar-refractivity contribution in [2.24, 2.45) is 0 Å². The molecule has 0 aliphatic rings. The Morgan fingerprint density at radius 1 is 1.16 bits per heavy atom. The van der Waals surface area contributed by atoms with Crippen LogP contribution in [0.3, 0.4) is 0 Å². The van der Waals surface area contributed by atoms with Gasteiger partial charge in [0.2, 0.25) is 0 Å². The average Bonchev–Trinajstić information content (AvgIpc) is 2.74. The molecule has 0 spiro atoms. The first-order valence-corrected chi connectivity index (χ1v) is 6.59. The molecule has 0 aromatic carbocycles. The Kier molecular flexibility index (Phi) is 2.91. The standard InChI is InChI=1S/C14H14N4S/c1-9(2)18-13-12(17-14(18)19)4-3-11(16-13)10-5-7-15-8-6-10/h3-9H,1-2H3,(H,17,19). The molecule has 0 unspecified atom stereocenters. The molecule has 0 atom stereocenters. The Morgan fingerprint density at radius 2 is 1.89 bits per heavy atom. The molecule has 0 bridgehead atoms. The summed E-state index contributed by atoms with van der Waals surface area (Å²) < 4.78 is 2.75. The minimum Gasteiger partial charge on any atom is -0.329 e. The van der Waals surface area contributed by atoms with Gasteiger partial charge in [-0.1, -0.05) is 0 Å². The molecule has 1 N–H and O–H groups in total. The van der Waals surface area contributed by atoms with Crippen molar-refractivity contribution in [2.75, 3.05) is 0 Å². The van der Waals surface area contributed by atoms with Crippen LogP contribution >= 0.6 is 12.2 Å². The van der Waals surface area contributed by atoms with Crippen LogP contribution in [0.15, 0.2) is 36.7 Å². The fraction of sp³-hybridized carbons (Fsp3) is 0.214. The first-order valence-electron chi connectivity index (χ1n) is 6.18. The van der Waals surface area contributed by atoms with Gasteiger partial charge in [0.25, 0.3) is 0 Å². The number of nitrogens with zero attached hydrogens (tertiary/aromatic N) is 3. The van der Waals surface area contributed by atoms with E-state index < -0.39 is 0 Å². The zero-order valence-corrected chi connectivity index (χ0v) is 11.6. The third kappa shape index (κ3) is 2.06. The highest BCUT2D eigenvalue weighted by atomic mass is 32.1. The van der Waals surface area contributed by atoms with Crippen LogP contribution in [0, 0.1) is 4.77 Å². The summed E-state index contributed by atoms with van der Waals surface area (Å²) in [5.74, 6) is 0. The normalized spacial score (nSPS) is 11.3. The van der Waals surface area contributed by atoms with E-state index in [1.54, 1.807) is 12.4 Å². The molecule has 4 nitrogen and oxygen atoms in total. The number of aromatic nitrogens is 4. The molecule has 3 aromatic heterocycles. The van der Waals surface area contributed by atoms with Crippen LogP contribution < -0.4 is 0 Å². The number of aromatic amines is 1. The predicted octanol–water partition coefficient (Wildman–Crippen LogP) is 3.74. The third-order valence-corrected chi connectivity index (χ3v) is 3.35. The van der Waals surface area contributed by atoms with Gasteiger partial charge in [0.15, 0.2) is 10.4 Å². The first-order chi connectivity index (χ1) is 9.16. The van der Waals surface area contributed by atoms with E-state index in [0.29, 0.717) is 4.77 Å². The maximum Gasteiger partial charge on any atom is 0.179 e. The lowest BCUT2D eigenvalue weighted by Gasteiger charge is -2.08. The number of nitrogens with one attached hydrogen (secondary N) is 1. The van der Waals surface area contributed by atoms with Crippen molar-refractivity contribution in [1.29, 1.82) is 0 Å². The van der Waals surface area contributed by atoms with Gasteiger partial charge < -0.3 is 4.98 Å². The predicted molar refractivity (Wildman–Crippen MR) is 78.5 cm³/mol. The summed E-state index contributed by atoms with van der Waals surface area (Å²) in [5, 5.41) is 0. The van der Waals surface area contributed by atoms with Crippen molar-refractivity contribution in [1.82, 2.24) is 19.5 Å². The molecule has 0 saturated heterocycles. The zero-order valence-electron chi connectivity index (χ0n) is 10.8. The maximum absolute atomic E-state index is 5.35. The van der Waals surface area contributed by atoms with Crippen molar-refractivity contribution >= 4 is 23.4 Å². The Hall–Kier alpha value is -2.01. The summed E-state index contributed by atoms with van der Waals surface area (Å²) in [4.78, 5) is 11.9. The monoisotopic (exact) mass is 270 g/mol. The van der Waals surface area contributed by atoms with E-state index in [0.717, 1.165) is 22.4 Å². The minimum absolute atomic E-state index is 0.279. The number of hydrogen-bond donors (Lipinski definition) is 1. The number of fused-ring (bicyclic) bond motifs is 1. The topological polar surface area (TPSA) is 46.5 Å². The van der Waals surface area contributed by atoms with Gasteiger partial charge in [-0.25, -0.2) is 4.98 Å². The lowest BCUT2D eigenvalue weighted by molar-refractivity contribution is 0.605. The number of H-pyrrole nitrogens is 1. The maximum atomic E-state index is 5.35. The molecule has 5 heteroatoms. The molecule has 96 valence electrons. The molecule has 3 rings (SSSR count). The van der Waals surface area contributed by atoms with Crippen molar-refractivity contribution in [3.05, 3.63) is 41.4 Å². The van der Waals surface area contributed by atoms with Crippen LogP contribution in [0.4, 0.5) is 0 Å². The second-order valence-corrected chi connectivity index (χ2v) is 5.08. The summed E-state index contributed by atoms with van der Waals surface area (Å²) in [5.41, 5.74) is 3.85. The quantitative estimate of drug-likeness (QED) is 0.722. The number of pyridine rings is 2. The van der Waals surface area contributed by atoms with E-state index in [9.17, 15) is 0 Å². The molecule has 3 aromatic rings. The van der Waals surface area contributed by atoms with Crippen molar-refractivity contribution in [2.45, 2.75) is 19.9 Å². The Bertz CT molecular complexity index is 771. The Labute approximate surface area is 116 Å². The van der Waals surface area contributed by atoms with Crippen molar-refractivity contribution in [3.8, 4) is 11.3 Å². The first kappa shape index (κ1) is 12.0. The zero-order chi connectivity index (χ0) is 13.4. The summed E-state index contributed by atoms with van der Waals surface area (Å²) in [7, 11) is 0. The lowest BCUT2D eigenvalue weighted by Crippen LogP contribution is -2.01. The highest BCUT2D eigenvalue weighted by Gasteiger charge is 2.10. The molecule has 0 fully saturated rings. The van der Waals surface area contributed by atoms with Gasteiger partial charge in [-0.05, 0) is 50.3 Å². The minimum atomic E-state index is 0.279. The highest BCUT2D eigenvalue weighted by molar-refractivity contribution is 7.71. The molecule has 19 heavy (non-hydrogen) atoms. The van der Waals surface area contributed by atoms with Gasteiger partial charge >= 0.3 is 0 Å². The second kappa shape index (κ2) is 4.59. The molecule has 0 aliphatic carbocycles. The largest absolute Gasteiger partial charge is 0.329 e. The molecule has 0 amide bonds. The number of hydrogen-bond acceptors (Lipinski definition) is 3. The fourth-order valence-corrected chi connectivity index (χ4v) is 2.57. The van der Waals surface area contributed by atoms with Crippen molar-refractivity contribution in [3.63, 3.8) is 0 Å². The third-order valence-electron chi connectivity index (χ3n) is 3.06. The van der Waals surface area contributed by atoms with Gasteiger partial charge in [-0.2, -0.15) is 0 Å². The summed E-state index contributed by atoms with van der Waals surface area (Å²) in [6.07, 6.45) is 3.54. The van der Waals surface area contributed by atoms with E-state index in [4.69, 9.17) is 17.2 Å². The summed E-state index contributed by atoms with van der Waals surface area (Å²) >= 11 is 5.35. The lowest BCUT2D eigenvalue weighted by atomic mass is 10.2. The second-order valence-electron chi connectivity index (χ2n) is 4.70. The van der Waals surface area contributed by atoms with Crippen LogP contribution in [0.25, 0.3) is 22.4 Å². The Morgan fingerprint density at radius 3 is 2.58 bits per heavy atom. The van der Waals surface area contributed by atoms with Gasteiger partial charge in [-0.3, -0.25) is 9.55 Å². The molecule has 0 saturated carbocycles. The number of imidazole rings is 1. The van der Waals surface area contributed by atoms with E-state index in [2.05, 4.69) is 23.8 Å². The van der Waals surface area contributed by atoms with E-state index in [1.807, 2.05) is 28.8 Å². The van der Waals surface area contributed by atoms with Crippen LogP contribution in [-0.4, -0.2) is 19.5 Å². The van der Waals surface area contributed by atoms with Gasteiger partial charge in [-0.15, -0.1) is 0 Å². The van der Waals surface area contributed by atoms with Crippen LogP contribution in [0.5, 0.6) is 0 Å². The van der Waals surface area contributed by atoms with Gasteiger partial charge in [0, 0.05) is 24.0 Å². The molecule has 0 aliphatic heterocycles. The summed E-state index contributed by atoms with van der Waals surface area (Å²) in [6.45, 7) is 4.20. The highest BCUT2D eigenvalue weighted by Crippen LogP contribution is 2.22. The van der Waals surface area contributed by atoms with Crippen LogP contribution in [-0.2, 0) is 0 Å². The fourth-order valence-electron chi connectivity index (χ4n) is 2.16. The van der Waals surface area contributed by atoms with Crippen molar-refractivity contribution < 1.29 is 0 Å². The summed E-state index contributed by atoms with van der Waals surface area (Å²) in [6, 6.07) is 8.20. The van der Waals surface area contributed by atoms with Crippen LogP contribution in [0.2, 0.25) is 0 Å². The van der Waals surface area contributed by atoms with E-state index in [-0.39, 0.29) is 6.04 Å². The van der Waals surface area contributed by atoms with Gasteiger partial charge in [0.05, 0.1) is 11.2 Å². The van der Waals surface area contributed by atoms with E-state index >= 15 is 0 Å².